The summed E-state index contributed by atoms with van der Waals surface area (Å²) in [6.45, 7) is 3.73. The molecule has 0 aliphatic carbocycles. The van der Waals surface area contributed by atoms with E-state index in [0.29, 0.717) is 28.9 Å². The van der Waals surface area contributed by atoms with Gasteiger partial charge in [-0.3, -0.25) is 9.59 Å². The number of carbonyl (C=O) groups is 3. The molecule has 1 aliphatic heterocycles. The van der Waals surface area contributed by atoms with Gasteiger partial charge in [0.25, 0.3) is 0 Å². The number of carboxylic acids is 1. The molecule has 1 atom stereocenters. The lowest BCUT2D eigenvalue weighted by molar-refractivity contribution is -0.117. The molecule has 22 heavy (non-hydrogen) atoms. The number of aromatic carboxylic acids is 1. The molecule has 0 radical (unpaired) electrons. The molecule has 1 heterocycles. The number of carboxylic acid groups (broad SMARTS) is 1. The van der Waals surface area contributed by atoms with Crippen molar-refractivity contribution in [1.82, 2.24) is 0 Å². The van der Waals surface area contributed by atoms with Gasteiger partial charge in [-0.05, 0) is 46.5 Å². The number of halogens is 1. The minimum atomic E-state index is -1.06. The Labute approximate surface area is 141 Å². The van der Waals surface area contributed by atoms with E-state index in [1.54, 1.807) is 19.1 Å². The maximum absolute atomic E-state index is 12.3. The minimum Gasteiger partial charge on any atom is -0.478 e. The largest absolute Gasteiger partial charge is 0.478 e. The Bertz CT molecular complexity index is 647. The number of rotatable bonds is 4. The summed E-state index contributed by atoms with van der Waals surface area (Å²) in [6, 6.07) is 3.36. The van der Waals surface area contributed by atoms with Gasteiger partial charge in [0.1, 0.15) is 0 Å². The summed E-state index contributed by atoms with van der Waals surface area (Å²) in [6.07, 6.45) is 0.333. The van der Waals surface area contributed by atoms with E-state index in [1.165, 1.54) is 23.6 Å². The average molecular weight is 386 g/mol. The molecule has 1 aromatic carbocycles. The van der Waals surface area contributed by atoms with E-state index in [9.17, 15) is 19.5 Å². The molecule has 0 spiro atoms. The number of carbonyl (C=O) groups excluding carboxylic acids is 2. The summed E-state index contributed by atoms with van der Waals surface area (Å²) in [5, 5.41) is 9.42. The molecule has 0 aromatic heterocycles. The Morgan fingerprint density at radius 2 is 2.14 bits per heavy atom. The molecule has 1 amide bonds. The predicted molar refractivity (Wildman–Crippen MR) is 89.4 cm³/mol. The van der Waals surface area contributed by atoms with Gasteiger partial charge in [0.15, 0.2) is 5.12 Å². The van der Waals surface area contributed by atoms with Gasteiger partial charge in [0, 0.05) is 30.1 Å². The van der Waals surface area contributed by atoms with Crippen LogP contribution in [0.1, 0.15) is 29.3 Å². The number of nitrogens with zero attached hydrogens (tertiary/aromatic N) is 1. The smallest absolute Gasteiger partial charge is 0.337 e. The number of amides is 1. The SMILES string of the molecule is CC(=O)SCC1CC(=O)N(c2c(Br)cc(C)cc2C(=O)O)C1. The molecule has 0 saturated carbocycles. The molecule has 0 bridgehead atoms. The highest BCUT2D eigenvalue weighted by molar-refractivity contribution is 9.10. The van der Waals surface area contributed by atoms with Crippen molar-refractivity contribution in [3.05, 3.63) is 27.7 Å². The zero-order chi connectivity index (χ0) is 16.4. The molecular weight excluding hydrogens is 370 g/mol. The van der Waals surface area contributed by atoms with E-state index >= 15 is 0 Å². The van der Waals surface area contributed by atoms with Gasteiger partial charge in [-0.15, -0.1) is 0 Å². The lowest BCUT2D eigenvalue weighted by Gasteiger charge is -2.21. The Hall–Kier alpha value is -1.34. The summed E-state index contributed by atoms with van der Waals surface area (Å²) in [5.41, 5.74) is 1.32. The van der Waals surface area contributed by atoms with Gasteiger partial charge in [-0.25, -0.2) is 4.79 Å². The predicted octanol–water partition coefficient (Wildman–Crippen LogP) is 3.09. The molecule has 1 aliphatic rings. The molecule has 2 rings (SSSR count). The topological polar surface area (TPSA) is 74.7 Å². The number of anilines is 1. The van der Waals surface area contributed by atoms with E-state index < -0.39 is 5.97 Å². The maximum Gasteiger partial charge on any atom is 0.337 e. The van der Waals surface area contributed by atoms with Gasteiger partial charge in [-0.1, -0.05) is 11.8 Å². The average Bonchev–Trinajstić information content (AvgIpc) is 2.76. The second kappa shape index (κ2) is 6.83. The summed E-state index contributed by atoms with van der Waals surface area (Å²) < 4.78 is 0.595. The lowest BCUT2D eigenvalue weighted by atomic mass is 10.1. The second-order valence-corrected chi connectivity index (χ2v) is 7.38. The van der Waals surface area contributed by atoms with Crippen molar-refractivity contribution >= 4 is 50.4 Å². The van der Waals surface area contributed by atoms with Gasteiger partial charge in [0.05, 0.1) is 11.3 Å². The zero-order valence-corrected chi connectivity index (χ0v) is 14.7. The molecule has 1 N–H and O–H groups in total. The standard InChI is InChI=1S/C15H16BrNO4S/c1-8-3-11(15(20)21)14(12(16)4-8)17-6-10(5-13(17)19)7-22-9(2)18/h3-4,10H,5-7H2,1-2H3,(H,20,21). The van der Waals surface area contributed by atoms with Crippen molar-refractivity contribution in [1.29, 1.82) is 0 Å². The minimum absolute atomic E-state index is 0.0219. The Balaban J connectivity index is 2.30. The van der Waals surface area contributed by atoms with Crippen molar-refractivity contribution < 1.29 is 19.5 Å². The summed E-state index contributed by atoms with van der Waals surface area (Å²) >= 11 is 4.57. The molecular formula is C15H16BrNO4S. The van der Waals surface area contributed by atoms with Crippen LogP contribution in [-0.4, -0.2) is 34.4 Å². The number of aryl methyl sites for hydroxylation is 1. The van der Waals surface area contributed by atoms with Crippen LogP contribution in [0, 0.1) is 12.8 Å². The van der Waals surface area contributed by atoms with E-state index in [0.717, 1.165) is 5.56 Å². The van der Waals surface area contributed by atoms with Crippen LogP contribution in [0.15, 0.2) is 16.6 Å². The summed E-state index contributed by atoms with van der Waals surface area (Å²) in [5.74, 6) is -0.546. The molecule has 1 saturated heterocycles. The first-order valence-electron chi connectivity index (χ1n) is 6.76. The van der Waals surface area contributed by atoms with Crippen molar-refractivity contribution in [2.45, 2.75) is 20.3 Å². The quantitative estimate of drug-likeness (QED) is 0.861. The van der Waals surface area contributed by atoms with E-state index in [2.05, 4.69) is 15.9 Å². The summed E-state index contributed by atoms with van der Waals surface area (Å²) in [7, 11) is 0. The Kier molecular flexibility index (Phi) is 5.28. The molecule has 1 aromatic rings. The molecule has 1 unspecified atom stereocenters. The monoisotopic (exact) mass is 385 g/mol. The first-order chi connectivity index (χ1) is 10.3. The molecule has 7 heteroatoms. The summed E-state index contributed by atoms with van der Waals surface area (Å²) in [4.78, 5) is 36.3. The van der Waals surface area contributed by atoms with Gasteiger partial charge >= 0.3 is 5.97 Å². The third kappa shape index (κ3) is 3.70. The Morgan fingerprint density at radius 1 is 1.45 bits per heavy atom. The third-order valence-electron chi connectivity index (χ3n) is 3.44. The fourth-order valence-electron chi connectivity index (χ4n) is 2.52. The molecule has 5 nitrogen and oxygen atoms in total. The van der Waals surface area contributed by atoms with Gasteiger partial charge in [-0.2, -0.15) is 0 Å². The van der Waals surface area contributed by atoms with E-state index in [1.807, 2.05) is 0 Å². The number of hydrogen-bond donors (Lipinski definition) is 1. The fraction of sp³-hybridized carbons (Fsp3) is 0.400. The van der Waals surface area contributed by atoms with Crippen LogP contribution in [0.4, 0.5) is 5.69 Å². The maximum atomic E-state index is 12.3. The Morgan fingerprint density at radius 3 is 2.73 bits per heavy atom. The number of thioether (sulfide) groups is 1. The highest BCUT2D eigenvalue weighted by Gasteiger charge is 2.34. The number of hydrogen-bond acceptors (Lipinski definition) is 4. The first kappa shape index (κ1) is 17.0. The van der Waals surface area contributed by atoms with Crippen LogP contribution in [0.3, 0.4) is 0 Å². The van der Waals surface area contributed by atoms with Crippen LogP contribution < -0.4 is 4.90 Å². The zero-order valence-electron chi connectivity index (χ0n) is 12.3. The van der Waals surface area contributed by atoms with E-state index in [-0.39, 0.29) is 22.5 Å². The highest BCUT2D eigenvalue weighted by atomic mass is 79.9. The van der Waals surface area contributed by atoms with Crippen molar-refractivity contribution in [3.8, 4) is 0 Å². The van der Waals surface area contributed by atoms with Gasteiger partial charge in [0.2, 0.25) is 5.91 Å². The molecule has 1 fully saturated rings. The lowest BCUT2D eigenvalue weighted by Crippen LogP contribution is -2.27. The van der Waals surface area contributed by atoms with Crippen molar-refractivity contribution in [2.24, 2.45) is 5.92 Å². The van der Waals surface area contributed by atoms with Crippen LogP contribution in [-0.2, 0) is 9.59 Å². The fourth-order valence-corrected chi connectivity index (χ4v) is 4.00. The van der Waals surface area contributed by atoms with E-state index in [4.69, 9.17) is 0 Å². The first-order valence-corrected chi connectivity index (χ1v) is 8.54. The van der Waals surface area contributed by atoms with Crippen LogP contribution >= 0.6 is 27.7 Å². The normalized spacial score (nSPS) is 17.9. The van der Waals surface area contributed by atoms with Crippen LogP contribution in [0.5, 0.6) is 0 Å². The highest BCUT2D eigenvalue weighted by Crippen LogP contribution is 2.36. The van der Waals surface area contributed by atoms with Gasteiger partial charge < -0.3 is 10.0 Å². The van der Waals surface area contributed by atoms with Crippen molar-refractivity contribution in [3.63, 3.8) is 0 Å². The third-order valence-corrected chi connectivity index (χ3v) is 5.08. The van der Waals surface area contributed by atoms with Crippen molar-refractivity contribution in [2.75, 3.05) is 17.2 Å². The van der Waals surface area contributed by atoms with Crippen LogP contribution in [0.2, 0.25) is 0 Å². The number of benzene rings is 1. The second-order valence-electron chi connectivity index (χ2n) is 5.33. The molecule has 118 valence electrons. The van der Waals surface area contributed by atoms with Crippen LogP contribution in [0.25, 0.3) is 0 Å².